The minimum absolute atomic E-state index is 0.0445. The van der Waals surface area contributed by atoms with E-state index in [4.69, 9.17) is 5.73 Å². The first-order valence-corrected chi connectivity index (χ1v) is 7.73. The number of benzene rings is 1. The van der Waals surface area contributed by atoms with Crippen LogP contribution in [0.1, 0.15) is 28.4 Å². The number of hydrogen-bond acceptors (Lipinski definition) is 4. The molecular formula is C16H22N4O2. The number of hydrogen-bond donors (Lipinski definition) is 2. The Morgan fingerprint density at radius 2 is 1.82 bits per heavy atom. The Balaban J connectivity index is 1.68. The predicted octanol–water partition coefficient (Wildman–Crippen LogP) is -0.0786. The van der Waals surface area contributed by atoms with Gasteiger partial charge in [-0.1, -0.05) is 12.1 Å². The van der Waals surface area contributed by atoms with Gasteiger partial charge < -0.3 is 20.9 Å². The summed E-state index contributed by atoms with van der Waals surface area (Å²) in [6, 6.07) is 5.42. The zero-order chi connectivity index (χ0) is 15.7. The fraction of sp³-hybridized carbons (Fsp3) is 0.500. The SMILES string of the molecule is CC(N)C(=O)N1CCN(C(=O)c2cccc3c2CNC3)CC1. The van der Waals surface area contributed by atoms with Gasteiger partial charge in [0.15, 0.2) is 0 Å². The number of nitrogens with two attached hydrogens (primary N) is 1. The van der Waals surface area contributed by atoms with Crippen molar-refractivity contribution in [2.45, 2.75) is 26.1 Å². The van der Waals surface area contributed by atoms with Gasteiger partial charge in [0.2, 0.25) is 5.91 Å². The molecule has 0 aromatic heterocycles. The Bertz CT molecular complexity index is 592. The predicted molar refractivity (Wildman–Crippen MR) is 83.1 cm³/mol. The molecule has 3 rings (SSSR count). The van der Waals surface area contributed by atoms with Crippen molar-refractivity contribution in [3.8, 4) is 0 Å². The summed E-state index contributed by atoms with van der Waals surface area (Å²) in [5, 5.41) is 3.28. The molecule has 1 aromatic carbocycles. The highest BCUT2D eigenvalue weighted by Gasteiger charge is 2.28. The van der Waals surface area contributed by atoms with E-state index in [0.29, 0.717) is 26.2 Å². The van der Waals surface area contributed by atoms with Crippen molar-refractivity contribution < 1.29 is 9.59 Å². The van der Waals surface area contributed by atoms with Crippen LogP contribution >= 0.6 is 0 Å². The van der Waals surface area contributed by atoms with Crippen LogP contribution in [0.3, 0.4) is 0 Å². The zero-order valence-corrected chi connectivity index (χ0v) is 12.8. The molecule has 2 aliphatic heterocycles. The normalized spacial score (nSPS) is 19.0. The first kappa shape index (κ1) is 15.0. The molecule has 6 heteroatoms. The summed E-state index contributed by atoms with van der Waals surface area (Å²) in [6.07, 6.45) is 0. The van der Waals surface area contributed by atoms with E-state index in [9.17, 15) is 9.59 Å². The minimum Gasteiger partial charge on any atom is -0.338 e. The number of fused-ring (bicyclic) bond motifs is 1. The molecule has 0 radical (unpaired) electrons. The molecule has 0 bridgehead atoms. The molecule has 1 fully saturated rings. The summed E-state index contributed by atoms with van der Waals surface area (Å²) in [7, 11) is 0. The maximum absolute atomic E-state index is 12.7. The lowest BCUT2D eigenvalue weighted by atomic mass is 10.0. The van der Waals surface area contributed by atoms with E-state index in [1.54, 1.807) is 11.8 Å². The molecule has 3 N–H and O–H groups in total. The number of carbonyl (C=O) groups excluding carboxylic acids is 2. The van der Waals surface area contributed by atoms with Crippen LogP contribution in [0.5, 0.6) is 0 Å². The topological polar surface area (TPSA) is 78.7 Å². The molecule has 1 unspecified atom stereocenters. The lowest BCUT2D eigenvalue weighted by Crippen LogP contribution is -2.53. The number of piperazine rings is 1. The summed E-state index contributed by atoms with van der Waals surface area (Å²) in [4.78, 5) is 28.2. The van der Waals surface area contributed by atoms with Gasteiger partial charge in [-0.25, -0.2) is 0 Å². The molecule has 2 aliphatic rings. The van der Waals surface area contributed by atoms with Crippen LogP contribution in [0.4, 0.5) is 0 Å². The Hall–Kier alpha value is -1.92. The summed E-state index contributed by atoms with van der Waals surface area (Å²) < 4.78 is 0. The van der Waals surface area contributed by atoms with Crippen LogP contribution in [0.15, 0.2) is 18.2 Å². The van der Waals surface area contributed by atoms with Gasteiger partial charge in [0, 0.05) is 44.8 Å². The van der Waals surface area contributed by atoms with Crippen molar-refractivity contribution in [2.75, 3.05) is 26.2 Å². The monoisotopic (exact) mass is 302 g/mol. The first-order valence-electron chi connectivity index (χ1n) is 7.73. The number of nitrogens with zero attached hydrogens (tertiary/aromatic N) is 2. The molecule has 2 amide bonds. The highest BCUT2D eigenvalue weighted by molar-refractivity contribution is 5.96. The number of nitrogens with one attached hydrogen (secondary N) is 1. The van der Waals surface area contributed by atoms with Crippen LogP contribution in [0, 0.1) is 0 Å². The van der Waals surface area contributed by atoms with E-state index in [-0.39, 0.29) is 11.8 Å². The second-order valence-corrected chi connectivity index (χ2v) is 5.95. The van der Waals surface area contributed by atoms with Crippen molar-refractivity contribution in [2.24, 2.45) is 5.73 Å². The Kier molecular flexibility index (Phi) is 4.13. The van der Waals surface area contributed by atoms with E-state index >= 15 is 0 Å². The van der Waals surface area contributed by atoms with Crippen LogP contribution in [-0.2, 0) is 17.9 Å². The van der Waals surface area contributed by atoms with Gasteiger partial charge in [-0.05, 0) is 24.1 Å². The minimum atomic E-state index is -0.481. The van der Waals surface area contributed by atoms with Crippen LogP contribution in [0.25, 0.3) is 0 Å². The molecule has 0 saturated carbocycles. The van der Waals surface area contributed by atoms with E-state index in [1.807, 2.05) is 17.0 Å². The van der Waals surface area contributed by atoms with Gasteiger partial charge in [0.05, 0.1) is 6.04 Å². The van der Waals surface area contributed by atoms with Gasteiger partial charge in [0.1, 0.15) is 0 Å². The molecule has 1 saturated heterocycles. The summed E-state index contributed by atoms with van der Waals surface area (Å²) in [5.41, 5.74) is 8.74. The van der Waals surface area contributed by atoms with Gasteiger partial charge in [-0.15, -0.1) is 0 Å². The molecular weight excluding hydrogens is 280 g/mol. The standard InChI is InChI=1S/C16H22N4O2/c1-11(17)15(21)19-5-7-20(8-6-19)16(22)13-4-2-3-12-9-18-10-14(12)13/h2-4,11,18H,5-10,17H2,1H3. The van der Waals surface area contributed by atoms with Crippen molar-refractivity contribution in [1.29, 1.82) is 0 Å². The molecule has 1 aromatic rings. The Morgan fingerprint density at radius 3 is 2.50 bits per heavy atom. The van der Waals surface area contributed by atoms with Gasteiger partial charge in [-0.2, -0.15) is 0 Å². The molecule has 0 spiro atoms. The lowest BCUT2D eigenvalue weighted by Gasteiger charge is -2.35. The molecule has 118 valence electrons. The van der Waals surface area contributed by atoms with Gasteiger partial charge in [0.25, 0.3) is 5.91 Å². The van der Waals surface area contributed by atoms with Crippen molar-refractivity contribution in [3.05, 3.63) is 34.9 Å². The Morgan fingerprint density at radius 1 is 1.14 bits per heavy atom. The second-order valence-electron chi connectivity index (χ2n) is 5.95. The highest BCUT2D eigenvalue weighted by atomic mass is 16.2. The van der Waals surface area contributed by atoms with E-state index in [1.165, 1.54) is 5.56 Å². The Labute approximate surface area is 130 Å². The number of rotatable bonds is 2. The largest absolute Gasteiger partial charge is 0.338 e. The van der Waals surface area contributed by atoms with Gasteiger partial charge >= 0.3 is 0 Å². The average molecular weight is 302 g/mol. The molecule has 2 heterocycles. The summed E-state index contributed by atoms with van der Waals surface area (Å²) >= 11 is 0. The fourth-order valence-electron chi connectivity index (χ4n) is 3.12. The fourth-order valence-corrected chi connectivity index (χ4v) is 3.12. The quantitative estimate of drug-likeness (QED) is 0.801. The van der Waals surface area contributed by atoms with Crippen LogP contribution in [-0.4, -0.2) is 53.8 Å². The molecule has 22 heavy (non-hydrogen) atoms. The van der Waals surface area contributed by atoms with Crippen molar-refractivity contribution in [3.63, 3.8) is 0 Å². The maximum Gasteiger partial charge on any atom is 0.254 e. The summed E-state index contributed by atoms with van der Waals surface area (Å²) in [6.45, 7) is 5.51. The van der Waals surface area contributed by atoms with Crippen molar-refractivity contribution in [1.82, 2.24) is 15.1 Å². The summed E-state index contributed by atoms with van der Waals surface area (Å²) in [5.74, 6) is 0.0188. The van der Waals surface area contributed by atoms with E-state index in [0.717, 1.165) is 24.2 Å². The molecule has 0 aliphatic carbocycles. The average Bonchev–Trinajstić information content (AvgIpc) is 3.02. The third-order valence-corrected chi connectivity index (χ3v) is 4.39. The third-order valence-electron chi connectivity index (χ3n) is 4.39. The van der Waals surface area contributed by atoms with Crippen LogP contribution < -0.4 is 11.1 Å². The smallest absolute Gasteiger partial charge is 0.254 e. The third kappa shape index (κ3) is 2.71. The van der Waals surface area contributed by atoms with E-state index in [2.05, 4.69) is 11.4 Å². The van der Waals surface area contributed by atoms with Crippen LogP contribution in [0.2, 0.25) is 0 Å². The van der Waals surface area contributed by atoms with E-state index < -0.39 is 6.04 Å². The number of amides is 2. The highest BCUT2D eigenvalue weighted by Crippen LogP contribution is 2.21. The lowest BCUT2D eigenvalue weighted by molar-refractivity contribution is -0.133. The zero-order valence-electron chi connectivity index (χ0n) is 12.8. The maximum atomic E-state index is 12.7. The first-order chi connectivity index (χ1) is 10.6. The number of carbonyl (C=O) groups is 2. The molecule has 6 nitrogen and oxygen atoms in total. The second kappa shape index (κ2) is 6.06. The molecule has 1 atom stereocenters. The van der Waals surface area contributed by atoms with Crippen molar-refractivity contribution >= 4 is 11.8 Å². The van der Waals surface area contributed by atoms with Gasteiger partial charge in [-0.3, -0.25) is 9.59 Å².